The van der Waals surface area contributed by atoms with Crippen molar-refractivity contribution in [2.75, 3.05) is 25.5 Å². The summed E-state index contributed by atoms with van der Waals surface area (Å²) in [5.74, 6) is -0.943. The monoisotopic (exact) mass is 416 g/mol. The molecular formula is C21H24N2O5S. The molecule has 1 N–H and O–H groups in total. The number of carbonyl (C=O) groups is 2. The topological polar surface area (TPSA) is 92.8 Å². The van der Waals surface area contributed by atoms with Gasteiger partial charge in [-0.3, -0.25) is 4.79 Å². The minimum Gasteiger partial charge on any atom is -0.465 e. The van der Waals surface area contributed by atoms with Gasteiger partial charge in [0.15, 0.2) is 0 Å². The number of carbonyl (C=O) groups excluding carboxylic acids is 2. The molecule has 0 aromatic heterocycles. The number of hydrogen-bond acceptors (Lipinski definition) is 5. The lowest BCUT2D eigenvalue weighted by Crippen LogP contribution is -2.28. The van der Waals surface area contributed by atoms with Gasteiger partial charge in [0, 0.05) is 24.3 Å². The maximum absolute atomic E-state index is 12.9. The number of benzene rings is 2. The van der Waals surface area contributed by atoms with Gasteiger partial charge in [-0.2, -0.15) is 4.31 Å². The molecule has 0 unspecified atom stereocenters. The van der Waals surface area contributed by atoms with Gasteiger partial charge < -0.3 is 10.1 Å². The molecule has 2 aromatic carbocycles. The van der Waals surface area contributed by atoms with E-state index in [1.54, 1.807) is 38.1 Å². The predicted molar refractivity (Wildman–Crippen MR) is 110 cm³/mol. The van der Waals surface area contributed by atoms with Crippen LogP contribution in [0.25, 0.3) is 0 Å². The number of esters is 1. The Morgan fingerprint density at radius 1 is 1.00 bits per heavy atom. The van der Waals surface area contributed by atoms with Gasteiger partial charge in [0.1, 0.15) is 0 Å². The molecule has 0 atom stereocenters. The fraction of sp³-hybridized carbons (Fsp3) is 0.333. The lowest BCUT2D eigenvalue weighted by molar-refractivity contribution is 0.0600. The molecule has 0 spiro atoms. The van der Waals surface area contributed by atoms with Crippen molar-refractivity contribution in [3.05, 3.63) is 58.7 Å². The molecule has 0 aliphatic carbocycles. The van der Waals surface area contributed by atoms with Crippen LogP contribution in [0.1, 0.15) is 44.7 Å². The van der Waals surface area contributed by atoms with Crippen molar-refractivity contribution in [1.82, 2.24) is 4.31 Å². The van der Waals surface area contributed by atoms with Crippen molar-refractivity contribution < 1.29 is 22.7 Å². The fourth-order valence-corrected chi connectivity index (χ4v) is 4.82. The third kappa shape index (κ3) is 4.33. The maximum atomic E-state index is 12.9. The summed E-state index contributed by atoms with van der Waals surface area (Å²) < 4.78 is 31.8. The largest absolute Gasteiger partial charge is 0.465 e. The lowest BCUT2D eigenvalue weighted by atomic mass is 10.1. The number of methoxy groups -OCH3 is 1. The quantitative estimate of drug-likeness (QED) is 0.756. The Bertz CT molecular complexity index is 1060. The zero-order valence-corrected chi connectivity index (χ0v) is 17.5. The van der Waals surface area contributed by atoms with E-state index in [4.69, 9.17) is 4.74 Å². The van der Waals surface area contributed by atoms with Crippen LogP contribution in [-0.2, 0) is 14.8 Å². The Hall–Kier alpha value is -2.71. The number of ether oxygens (including phenoxy) is 1. The number of amides is 1. The third-order valence-corrected chi connectivity index (χ3v) is 6.96. The Morgan fingerprint density at radius 2 is 1.66 bits per heavy atom. The molecule has 0 saturated carbocycles. The first-order valence-electron chi connectivity index (χ1n) is 9.35. The number of rotatable bonds is 5. The summed E-state index contributed by atoms with van der Waals surface area (Å²) in [5.41, 5.74) is 2.47. The first-order chi connectivity index (χ1) is 13.7. The molecule has 2 aromatic rings. The predicted octanol–water partition coefficient (Wildman–Crippen LogP) is 3.13. The van der Waals surface area contributed by atoms with E-state index in [1.807, 2.05) is 0 Å². The molecule has 0 bridgehead atoms. The van der Waals surface area contributed by atoms with Crippen LogP contribution in [0.15, 0.2) is 41.3 Å². The van der Waals surface area contributed by atoms with E-state index in [1.165, 1.54) is 23.5 Å². The van der Waals surface area contributed by atoms with Crippen molar-refractivity contribution in [2.24, 2.45) is 0 Å². The van der Waals surface area contributed by atoms with Crippen LogP contribution in [0.2, 0.25) is 0 Å². The zero-order valence-electron chi connectivity index (χ0n) is 16.7. The first kappa shape index (κ1) is 21.0. The molecule has 29 heavy (non-hydrogen) atoms. The molecule has 1 fully saturated rings. The number of sulfonamides is 1. The SMILES string of the molecule is COC(=O)c1ccc(C)c(NC(=O)c2cc(S(=O)(=O)N3CCCC3)ccc2C)c1. The van der Waals surface area contributed by atoms with Gasteiger partial charge >= 0.3 is 5.97 Å². The summed E-state index contributed by atoms with van der Waals surface area (Å²) in [7, 11) is -2.33. The van der Waals surface area contributed by atoms with Gasteiger partial charge in [0.25, 0.3) is 5.91 Å². The molecular weight excluding hydrogens is 392 g/mol. The van der Waals surface area contributed by atoms with E-state index in [2.05, 4.69) is 5.32 Å². The number of nitrogens with zero attached hydrogens (tertiary/aromatic N) is 1. The molecule has 1 amide bonds. The van der Waals surface area contributed by atoms with E-state index < -0.39 is 21.9 Å². The van der Waals surface area contributed by atoms with Crippen molar-refractivity contribution in [3.63, 3.8) is 0 Å². The molecule has 0 radical (unpaired) electrons. The van der Waals surface area contributed by atoms with E-state index in [-0.39, 0.29) is 10.5 Å². The van der Waals surface area contributed by atoms with Crippen molar-refractivity contribution in [1.29, 1.82) is 0 Å². The Balaban J connectivity index is 1.91. The molecule has 7 nitrogen and oxygen atoms in total. The Morgan fingerprint density at radius 3 is 2.31 bits per heavy atom. The van der Waals surface area contributed by atoms with Crippen molar-refractivity contribution >= 4 is 27.6 Å². The summed E-state index contributed by atoms with van der Waals surface area (Å²) in [4.78, 5) is 24.8. The maximum Gasteiger partial charge on any atom is 0.337 e. The van der Waals surface area contributed by atoms with E-state index >= 15 is 0 Å². The van der Waals surface area contributed by atoms with Crippen LogP contribution in [0.3, 0.4) is 0 Å². The van der Waals surface area contributed by atoms with Gasteiger partial charge in [-0.05, 0) is 62.1 Å². The van der Waals surface area contributed by atoms with Crippen molar-refractivity contribution in [3.8, 4) is 0 Å². The van der Waals surface area contributed by atoms with Gasteiger partial charge in [-0.15, -0.1) is 0 Å². The lowest BCUT2D eigenvalue weighted by Gasteiger charge is -2.17. The van der Waals surface area contributed by atoms with Gasteiger partial charge in [0.2, 0.25) is 10.0 Å². The molecule has 8 heteroatoms. The summed E-state index contributed by atoms with van der Waals surface area (Å²) in [6, 6.07) is 9.45. The van der Waals surface area contributed by atoms with Gasteiger partial charge in [-0.25, -0.2) is 13.2 Å². The molecule has 1 heterocycles. The molecule has 3 rings (SSSR count). The van der Waals surface area contributed by atoms with E-state index in [9.17, 15) is 18.0 Å². The van der Waals surface area contributed by atoms with E-state index in [0.29, 0.717) is 29.9 Å². The van der Waals surface area contributed by atoms with Crippen LogP contribution >= 0.6 is 0 Å². The fourth-order valence-electron chi connectivity index (χ4n) is 3.27. The summed E-state index contributed by atoms with van der Waals surface area (Å²) in [5, 5.41) is 2.78. The highest BCUT2D eigenvalue weighted by molar-refractivity contribution is 7.89. The summed E-state index contributed by atoms with van der Waals surface area (Å²) in [6.07, 6.45) is 1.68. The van der Waals surface area contributed by atoms with Crippen LogP contribution in [0.5, 0.6) is 0 Å². The third-order valence-electron chi connectivity index (χ3n) is 5.06. The average Bonchev–Trinajstić information content (AvgIpc) is 3.25. The van der Waals surface area contributed by atoms with Crippen LogP contribution < -0.4 is 5.32 Å². The number of anilines is 1. The smallest absolute Gasteiger partial charge is 0.337 e. The van der Waals surface area contributed by atoms with Crippen molar-refractivity contribution in [2.45, 2.75) is 31.6 Å². The van der Waals surface area contributed by atoms with Gasteiger partial charge in [0.05, 0.1) is 17.6 Å². The van der Waals surface area contributed by atoms with Gasteiger partial charge in [-0.1, -0.05) is 12.1 Å². The average molecular weight is 416 g/mol. The normalized spacial score (nSPS) is 14.6. The highest BCUT2D eigenvalue weighted by atomic mass is 32.2. The highest BCUT2D eigenvalue weighted by Crippen LogP contribution is 2.24. The molecule has 1 aliphatic heterocycles. The Labute approximate surface area is 170 Å². The van der Waals surface area contributed by atoms with E-state index in [0.717, 1.165) is 18.4 Å². The van der Waals surface area contributed by atoms with Crippen LogP contribution in [0, 0.1) is 13.8 Å². The summed E-state index contributed by atoms with van der Waals surface area (Å²) >= 11 is 0. The molecule has 154 valence electrons. The summed E-state index contributed by atoms with van der Waals surface area (Å²) in [6.45, 7) is 4.55. The number of hydrogen-bond donors (Lipinski definition) is 1. The van der Waals surface area contributed by atoms with Crippen LogP contribution in [-0.4, -0.2) is 44.8 Å². The minimum absolute atomic E-state index is 0.107. The Kier molecular flexibility index (Phi) is 6.04. The second-order valence-corrected chi connectivity index (χ2v) is 9.00. The zero-order chi connectivity index (χ0) is 21.2. The van der Waals surface area contributed by atoms with Crippen LogP contribution in [0.4, 0.5) is 5.69 Å². The number of nitrogens with one attached hydrogen (secondary N) is 1. The standard InChI is InChI=1S/C21H24N2O5S/c1-14-7-9-17(29(26,27)23-10-4-5-11-23)13-18(14)20(24)22-19-12-16(21(25)28-3)8-6-15(19)2/h6-9,12-13H,4-5,10-11H2,1-3H3,(H,22,24). The minimum atomic E-state index is -3.62. The second-order valence-electron chi connectivity index (χ2n) is 7.06. The highest BCUT2D eigenvalue weighted by Gasteiger charge is 2.28. The molecule has 1 aliphatic rings. The second kappa shape index (κ2) is 8.34. The molecule has 1 saturated heterocycles. The first-order valence-corrected chi connectivity index (χ1v) is 10.8. The number of aryl methyl sites for hydroxylation is 2.